The molecule has 4 heteroatoms. The quantitative estimate of drug-likeness (QED) is 0.828. The number of hydrogen-bond donors (Lipinski definition) is 1. The second-order valence-corrected chi connectivity index (χ2v) is 4.61. The van der Waals surface area contributed by atoms with Crippen molar-refractivity contribution < 1.29 is 0 Å². The predicted molar refractivity (Wildman–Crippen MR) is 72.3 cm³/mol. The Morgan fingerprint density at radius 3 is 2.61 bits per heavy atom. The van der Waals surface area contributed by atoms with Gasteiger partial charge in [0.25, 0.3) is 0 Å². The number of fused-ring (bicyclic) bond motifs is 1. The average Bonchev–Trinajstić information content (AvgIpc) is 2.61. The second-order valence-electron chi connectivity index (χ2n) is 4.61. The van der Waals surface area contributed by atoms with Gasteiger partial charge in [-0.05, 0) is 36.1 Å². The standard InChI is InChI=1S/C14H16N4/c15-13-7-8-14(17-16-13)18-9-3-6-11-4-1-2-5-12(11)10-18/h1-2,4-5,7-8H,3,6,9-10H2,(H2,15,16). The first kappa shape index (κ1) is 11.0. The number of benzene rings is 1. The van der Waals surface area contributed by atoms with E-state index in [2.05, 4.69) is 39.4 Å². The molecule has 0 saturated heterocycles. The molecule has 1 aromatic heterocycles. The fraction of sp³-hybridized carbons (Fsp3) is 0.286. The summed E-state index contributed by atoms with van der Waals surface area (Å²) in [6.07, 6.45) is 2.28. The van der Waals surface area contributed by atoms with Gasteiger partial charge in [-0.2, -0.15) is 0 Å². The molecule has 0 radical (unpaired) electrons. The fourth-order valence-corrected chi connectivity index (χ4v) is 2.40. The van der Waals surface area contributed by atoms with Crippen LogP contribution in [0.2, 0.25) is 0 Å². The summed E-state index contributed by atoms with van der Waals surface area (Å²) >= 11 is 0. The first-order valence-electron chi connectivity index (χ1n) is 6.24. The first-order chi connectivity index (χ1) is 8.83. The molecule has 0 amide bonds. The van der Waals surface area contributed by atoms with Crippen molar-refractivity contribution in [3.8, 4) is 0 Å². The van der Waals surface area contributed by atoms with Crippen LogP contribution in [0.15, 0.2) is 36.4 Å². The fourth-order valence-electron chi connectivity index (χ4n) is 2.40. The number of nitrogens with two attached hydrogens (primary N) is 1. The van der Waals surface area contributed by atoms with Crippen molar-refractivity contribution in [1.82, 2.24) is 10.2 Å². The van der Waals surface area contributed by atoms with Crippen molar-refractivity contribution in [1.29, 1.82) is 0 Å². The Hall–Kier alpha value is -2.10. The minimum atomic E-state index is 0.467. The molecule has 2 N–H and O–H groups in total. The van der Waals surface area contributed by atoms with Crippen LogP contribution in [0.1, 0.15) is 17.5 Å². The van der Waals surface area contributed by atoms with E-state index in [0.717, 1.165) is 31.7 Å². The zero-order valence-corrected chi connectivity index (χ0v) is 10.2. The molecule has 0 fully saturated rings. The Morgan fingerprint density at radius 1 is 1.00 bits per heavy atom. The van der Waals surface area contributed by atoms with E-state index in [-0.39, 0.29) is 0 Å². The van der Waals surface area contributed by atoms with Gasteiger partial charge in [0.1, 0.15) is 5.82 Å². The molecule has 0 saturated carbocycles. The Balaban J connectivity index is 1.89. The minimum absolute atomic E-state index is 0.467. The van der Waals surface area contributed by atoms with E-state index in [4.69, 9.17) is 5.73 Å². The largest absolute Gasteiger partial charge is 0.382 e. The van der Waals surface area contributed by atoms with Gasteiger partial charge in [-0.3, -0.25) is 0 Å². The summed E-state index contributed by atoms with van der Waals surface area (Å²) in [5, 5.41) is 8.09. The Bertz CT molecular complexity index is 536. The van der Waals surface area contributed by atoms with Crippen molar-refractivity contribution in [2.45, 2.75) is 19.4 Å². The SMILES string of the molecule is Nc1ccc(N2CCCc3ccccc3C2)nn1. The summed E-state index contributed by atoms with van der Waals surface area (Å²) in [4.78, 5) is 2.26. The van der Waals surface area contributed by atoms with Crippen molar-refractivity contribution in [2.24, 2.45) is 0 Å². The Labute approximate surface area is 106 Å². The van der Waals surface area contributed by atoms with Crippen LogP contribution in [0.25, 0.3) is 0 Å². The lowest BCUT2D eigenvalue weighted by atomic mass is 10.0. The lowest BCUT2D eigenvalue weighted by molar-refractivity contribution is 0.746. The average molecular weight is 240 g/mol. The monoisotopic (exact) mass is 240 g/mol. The van der Waals surface area contributed by atoms with Crippen molar-refractivity contribution in [3.63, 3.8) is 0 Å². The van der Waals surface area contributed by atoms with Crippen LogP contribution in [0.3, 0.4) is 0 Å². The summed E-state index contributed by atoms with van der Waals surface area (Å²) in [5.74, 6) is 1.37. The number of rotatable bonds is 1. The molecule has 0 spiro atoms. The summed E-state index contributed by atoms with van der Waals surface area (Å²) in [5.41, 5.74) is 8.40. The molecule has 1 aromatic carbocycles. The van der Waals surface area contributed by atoms with Gasteiger partial charge in [0.15, 0.2) is 5.82 Å². The number of anilines is 2. The number of nitrogen functional groups attached to an aromatic ring is 1. The first-order valence-corrected chi connectivity index (χ1v) is 6.24. The van der Waals surface area contributed by atoms with Crippen LogP contribution in [-0.2, 0) is 13.0 Å². The van der Waals surface area contributed by atoms with E-state index in [1.54, 1.807) is 6.07 Å². The van der Waals surface area contributed by atoms with Gasteiger partial charge >= 0.3 is 0 Å². The molecule has 1 aliphatic heterocycles. The van der Waals surface area contributed by atoms with Crippen molar-refractivity contribution in [2.75, 3.05) is 17.2 Å². The van der Waals surface area contributed by atoms with Crippen molar-refractivity contribution >= 4 is 11.6 Å². The van der Waals surface area contributed by atoms with Crippen LogP contribution >= 0.6 is 0 Å². The summed E-state index contributed by atoms with van der Waals surface area (Å²) in [6.45, 7) is 1.90. The highest BCUT2D eigenvalue weighted by atomic mass is 15.3. The third-order valence-corrected chi connectivity index (χ3v) is 3.35. The van der Waals surface area contributed by atoms with Gasteiger partial charge in [-0.15, -0.1) is 10.2 Å². The second kappa shape index (κ2) is 4.64. The molecule has 92 valence electrons. The summed E-state index contributed by atoms with van der Waals surface area (Å²) in [6, 6.07) is 12.4. The zero-order chi connectivity index (χ0) is 12.4. The van der Waals surface area contributed by atoms with Gasteiger partial charge in [-0.25, -0.2) is 0 Å². The summed E-state index contributed by atoms with van der Waals surface area (Å²) < 4.78 is 0. The highest BCUT2D eigenvalue weighted by molar-refractivity contribution is 5.44. The molecule has 0 atom stereocenters. The molecular formula is C14H16N4. The smallest absolute Gasteiger partial charge is 0.151 e. The maximum absolute atomic E-state index is 5.57. The van der Waals surface area contributed by atoms with Gasteiger partial charge in [0.2, 0.25) is 0 Å². The van der Waals surface area contributed by atoms with Gasteiger partial charge in [-0.1, -0.05) is 24.3 Å². The third kappa shape index (κ3) is 2.14. The topological polar surface area (TPSA) is 55.0 Å². The molecule has 0 unspecified atom stereocenters. The summed E-state index contributed by atoms with van der Waals surface area (Å²) in [7, 11) is 0. The van der Waals surface area contributed by atoms with E-state index >= 15 is 0 Å². The third-order valence-electron chi connectivity index (χ3n) is 3.35. The molecule has 0 bridgehead atoms. The van der Waals surface area contributed by atoms with Gasteiger partial charge in [0.05, 0.1) is 0 Å². The molecule has 1 aliphatic rings. The zero-order valence-electron chi connectivity index (χ0n) is 10.2. The maximum atomic E-state index is 5.57. The van der Waals surface area contributed by atoms with Gasteiger partial charge in [0, 0.05) is 13.1 Å². The number of hydrogen-bond acceptors (Lipinski definition) is 4. The molecule has 3 rings (SSSR count). The van der Waals surface area contributed by atoms with Gasteiger partial charge < -0.3 is 10.6 Å². The lowest BCUT2D eigenvalue weighted by Gasteiger charge is -2.21. The van der Waals surface area contributed by atoms with Crippen molar-refractivity contribution in [3.05, 3.63) is 47.5 Å². The lowest BCUT2D eigenvalue weighted by Crippen LogP contribution is -2.23. The van der Waals surface area contributed by atoms with E-state index in [1.807, 2.05) is 6.07 Å². The number of nitrogens with zero attached hydrogens (tertiary/aromatic N) is 3. The number of aromatic nitrogens is 2. The van der Waals surface area contributed by atoms with Crippen LogP contribution in [0.4, 0.5) is 11.6 Å². The van der Waals surface area contributed by atoms with Crippen LogP contribution < -0.4 is 10.6 Å². The molecule has 0 aliphatic carbocycles. The number of aryl methyl sites for hydroxylation is 1. The van der Waals surface area contributed by atoms with Crippen LogP contribution in [0, 0.1) is 0 Å². The van der Waals surface area contributed by atoms with Crippen LogP contribution in [-0.4, -0.2) is 16.7 Å². The maximum Gasteiger partial charge on any atom is 0.151 e. The molecule has 2 heterocycles. The molecular weight excluding hydrogens is 224 g/mol. The van der Waals surface area contributed by atoms with Crippen LogP contribution in [0.5, 0.6) is 0 Å². The minimum Gasteiger partial charge on any atom is -0.382 e. The van der Waals surface area contributed by atoms with E-state index in [0.29, 0.717) is 5.82 Å². The van der Waals surface area contributed by atoms with E-state index in [1.165, 1.54) is 11.1 Å². The highest BCUT2D eigenvalue weighted by Gasteiger charge is 2.15. The molecule has 18 heavy (non-hydrogen) atoms. The Kier molecular flexibility index (Phi) is 2.84. The predicted octanol–water partition coefficient (Wildman–Crippen LogP) is 2.01. The van der Waals surface area contributed by atoms with E-state index in [9.17, 15) is 0 Å². The Morgan fingerprint density at radius 2 is 1.83 bits per heavy atom. The highest BCUT2D eigenvalue weighted by Crippen LogP contribution is 2.22. The van der Waals surface area contributed by atoms with E-state index < -0.39 is 0 Å². The normalized spacial score (nSPS) is 15.0. The molecule has 4 nitrogen and oxygen atoms in total. The molecule has 2 aromatic rings.